The van der Waals surface area contributed by atoms with Crippen LogP contribution in [0.4, 0.5) is 0 Å². The maximum atomic E-state index is 5.42. The fraction of sp³-hybridized carbons (Fsp3) is 0.714. The van der Waals surface area contributed by atoms with Gasteiger partial charge in [0.2, 0.25) is 5.88 Å². The van der Waals surface area contributed by atoms with Crippen molar-refractivity contribution in [3.05, 3.63) is 17.8 Å². The molecule has 0 aliphatic rings. The van der Waals surface area contributed by atoms with Crippen LogP contribution in [0.3, 0.4) is 0 Å². The van der Waals surface area contributed by atoms with Gasteiger partial charge >= 0.3 is 0 Å². The van der Waals surface area contributed by atoms with Gasteiger partial charge in [-0.25, -0.2) is 0 Å². The average molecular weight is 283 g/mol. The summed E-state index contributed by atoms with van der Waals surface area (Å²) in [6.45, 7) is 8.19. The van der Waals surface area contributed by atoms with E-state index in [-0.39, 0.29) is 0 Å². The van der Waals surface area contributed by atoms with Crippen LogP contribution in [0, 0.1) is 5.92 Å². The highest BCUT2D eigenvalue weighted by Gasteiger charge is 2.00. The van der Waals surface area contributed by atoms with E-state index >= 15 is 0 Å². The standard InChI is InChI=1S/C14H25N3O3/c1-12(2)10-15-11-13-4-5-14(17-16-13)20-9-8-19-7-6-18-3/h4-5,12,15H,6-11H2,1-3H3. The molecule has 0 spiro atoms. The molecule has 20 heavy (non-hydrogen) atoms. The predicted octanol–water partition coefficient (Wildman–Crippen LogP) is 1.26. The van der Waals surface area contributed by atoms with Gasteiger partial charge in [-0.05, 0) is 18.5 Å². The van der Waals surface area contributed by atoms with Crippen molar-refractivity contribution in [2.45, 2.75) is 20.4 Å². The highest BCUT2D eigenvalue weighted by atomic mass is 16.5. The SMILES string of the molecule is COCCOCCOc1ccc(CNCC(C)C)nn1. The van der Waals surface area contributed by atoms with Crippen LogP contribution in [-0.4, -0.2) is 50.3 Å². The number of aromatic nitrogens is 2. The smallest absolute Gasteiger partial charge is 0.233 e. The molecule has 0 fully saturated rings. The minimum Gasteiger partial charge on any atom is -0.474 e. The van der Waals surface area contributed by atoms with Gasteiger partial charge in [0.15, 0.2) is 0 Å². The number of nitrogens with zero attached hydrogens (tertiary/aromatic N) is 2. The molecule has 0 atom stereocenters. The minimum absolute atomic E-state index is 0.462. The summed E-state index contributed by atoms with van der Waals surface area (Å²) in [5.41, 5.74) is 0.911. The molecule has 6 heteroatoms. The van der Waals surface area contributed by atoms with E-state index in [1.807, 2.05) is 12.1 Å². The first-order valence-corrected chi connectivity index (χ1v) is 6.95. The molecular formula is C14H25N3O3. The van der Waals surface area contributed by atoms with Gasteiger partial charge < -0.3 is 19.5 Å². The number of ether oxygens (including phenoxy) is 3. The molecular weight excluding hydrogens is 258 g/mol. The zero-order valence-electron chi connectivity index (χ0n) is 12.6. The lowest BCUT2D eigenvalue weighted by atomic mass is 10.2. The van der Waals surface area contributed by atoms with Crippen molar-refractivity contribution in [1.82, 2.24) is 15.5 Å². The van der Waals surface area contributed by atoms with Gasteiger partial charge in [-0.3, -0.25) is 0 Å². The van der Waals surface area contributed by atoms with Gasteiger partial charge in [0, 0.05) is 19.7 Å². The summed E-state index contributed by atoms with van der Waals surface area (Å²) in [5, 5.41) is 11.4. The second-order valence-electron chi connectivity index (χ2n) is 4.84. The number of hydrogen-bond acceptors (Lipinski definition) is 6. The third kappa shape index (κ3) is 8.04. The lowest BCUT2D eigenvalue weighted by molar-refractivity contribution is 0.0535. The Kier molecular flexibility index (Phi) is 8.86. The molecule has 0 aromatic carbocycles. The van der Waals surface area contributed by atoms with Crippen molar-refractivity contribution in [2.75, 3.05) is 40.1 Å². The Bertz CT molecular complexity index is 344. The van der Waals surface area contributed by atoms with Crippen molar-refractivity contribution in [2.24, 2.45) is 5.92 Å². The van der Waals surface area contributed by atoms with E-state index in [0.717, 1.165) is 18.8 Å². The van der Waals surface area contributed by atoms with E-state index in [1.54, 1.807) is 7.11 Å². The monoisotopic (exact) mass is 283 g/mol. The van der Waals surface area contributed by atoms with Crippen LogP contribution in [0.15, 0.2) is 12.1 Å². The summed E-state index contributed by atoms with van der Waals surface area (Å²) in [6, 6.07) is 3.75. The molecule has 1 aromatic rings. The van der Waals surface area contributed by atoms with Crippen LogP contribution in [0.5, 0.6) is 5.88 Å². The Hall–Kier alpha value is -1.24. The highest BCUT2D eigenvalue weighted by molar-refractivity contribution is 5.11. The topological polar surface area (TPSA) is 65.5 Å². The third-order valence-electron chi connectivity index (χ3n) is 2.46. The number of hydrogen-bond donors (Lipinski definition) is 1. The molecule has 0 saturated heterocycles. The third-order valence-corrected chi connectivity index (χ3v) is 2.46. The van der Waals surface area contributed by atoms with Gasteiger partial charge in [0.05, 0.1) is 25.5 Å². The molecule has 1 rings (SSSR count). The average Bonchev–Trinajstić information content (AvgIpc) is 2.44. The van der Waals surface area contributed by atoms with Crippen molar-refractivity contribution >= 4 is 0 Å². The summed E-state index contributed by atoms with van der Waals surface area (Å²) in [4.78, 5) is 0. The molecule has 1 N–H and O–H groups in total. The normalized spacial score (nSPS) is 11.0. The van der Waals surface area contributed by atoms with E-state index < -0.39 is 0 Å². The Labute approximate surface area is 120 Å². The van der Waals surface area contributed by atoms with Crippen molar-refractivity contribution in [3.63, 3.8) is 0 Å². The molecule has 0 radical (unpaired) electrons. The summed E-state index contributed by atoms with van der Waals surface area (Å²) in [5.74, 6) is 1.15. The lowest BCUT2D eigenvalue weighted by Crippen LogP contribution is -2.19. The van der Waals surface area contributed by atoms with Gasteiger partial charge in [0.25, 0.3) is 0 Å². The largest absolute Gasteiger partial charge is 0.474 e. The van der Waals surface area contributed by atoms with E-state index in [0.29, 0.717) is 38.2 Å². The number of nitrogens with one attached hydrogen (secondary N) is 1. The molecule has 0 aliphatic carbocycles. The summed E-state index contributed by atoms with van der Waals surface area (Å²) in [6.07, 6.45) is 0. The van der Waals surface area contributed by atoms with Crippen LogP contribution in [-0.2, 0) is 16.0 Å². The van der Waals surface area contributed by atoms with Crippen LogP contribution in [0.1, 0.15) is 19.5 Å². The first-order chi connectivity index (χ1) is 9.72. The van der Waals surface area contributed by atoms with Crippen LogP contribution in [0.2, 0.25) is 0 Å². The summed E-state index contributed by atoms with van der Waals surface area (Å²) < 4.78 is 15.6. The molecule has 0 bridgehead atoms. The van der Waals surface area contributed by atoms with Crippen molar-refractivity contribution in [3.8, 4) is 5.88 Å². The molecule has 0 unspecified atom stereocenters. The van der Waals surface area contributed by atoms with Crippen LogP contribution in [0.25, 0.3) is 0 Å². The molecule has 0 saturated carbocycles. The second kappa shape index (κ2) is 10.5. The molecule has 114 valence electrons. The summed E-state index contributed by atoms with van der Waals surface area (Å²) >= 11 is 0. The summed E-state index contributed by atoms with van der Waals surface area (Å²) in [7, 11) is 1.65. The van der Waals surface area contributed by atoms with Gasteiger partial charge in [-0.2, -0.15) is 5.10 Å². The fourth-order valence-electron chi connectivity index (χ4n) is 1.46. The number of rotatable bonds is 11. The molecule has 6 nitrogen and oxygen atoms in total. The van der Waals surface area contributed by atoms with Gasteiger partial charge in [0.1, 0.15) is 6.61 Å². The quantitative estimate of drug-likeness (QED) is 0.617. The predicted molar refractivity (Wildman–Crippen MR) is 76.8 cm³/mol. The first-order valence-electron chi connectivity index (χ1n) is 6.95. The van der Waals surface area contributed by atoms with Crippen LogP contribution >= 0.6 is 0 Å². The molecule has 1 heterocycles. The van der Waals surface area contributed by atoms with Gasteiger partial charge in [-0.15, -0.1) is 5.10 Å². The van der Waals surface area contributed by atoms with E-state index in [1.165, 1.54) is 0 Å². The van der Waals surface area contributed by atoms with Crippen molar-refractivity contribution in [1.29, 1.82) is 0 Å². The minimum atomic E-state index is 0.462. The maximum absolute atomic E-state index is 5.42. The van der Waals surface area contributed by atoms with Gasteiger partial charge in [-0.1, -0.05) is 13.8 Å². The van der Waals surface area contributed by atoms with E-state index in [9.17, 15) is 0 Å². The lowest BCUT2D eigenvalue weighted by Gasteiger charge is -2.08. The fourth-order valence-corrected chi connectivity index (χ4v) is 1.46. The Morgan fingerprint density at radius 2 is 1.90 bits per heavy atom. The maximum Gasteiger partial charge on any atom is 0.233 e. The Balaban J connectivity index is 2.15. The number of methoxy groups -OCH3 is 1. The Morgan fingerprint density at radius 3 is 2.55 bits per heavy atom. The highest BCUT2D eigenvalue weighted by Crippen LogP contribution is 2.04. The van der Waals surface area contributed by atoms with E-state index in [4.69, 9.17) is 14.2 Å². The van der Waals surface area contributed by atoms with Crippen molar-refractivity contribution < 1.29 is 14.2 Å². The van der Waals surface area contributed by atoms with E-state index in [2.05, 4.69) is 29.4 Å². The molecule has 0 aliphatic heterocycles. The first kappa shape index (κ1) is 16.8. The molecule has 1 aromatic heterocycles. The molecule has 0 amide bonds. The Morgan fingerprint density at radius 1 is 1.10 bits per heavy atom. The second-order valence-corrected chi connectivity index (χ2v) is 4.84. The van der Waals surface area contributed by atoms with Crippen LogP contribution < -0.4 is 10.1 Å². The zero-order chi connectivity index (χ0) is 14.6. The zero-order valence-corrected chi connectivity index (χ0v) is 12.6.